The van der Waals surface area contributed by atoms with Crippen molar-refractivity contribution in [3.05, 3.63) is 35.0 Å². The summed E-state index contributed by atoms with van der Waals surface area (Å²) in [6, 6.07) is 1.91. The molecule has 36 heavy (non-hydrogen) atoms. The van der Waals surface area contributed by atoms with E-state index < -0.39 is 36.4 Å². The zero-order valence-corrected chi connectivity index (χ0v) is 19.4. The number of anilines is 2. The molecule has 0 amide bonds. The van der Waals surface area contributed by atoms with E-state index in [9.17, 15) is 14.4 Å². The van der Waals surface area contributed by atoms with Gasteiger partial charge >= 0.3 is 17.9 Å². The number of aliphatic hydroxyl groups is 1. The van der Waals surface area contributed by atoms with Crippen molar-refractivity contribution in [1.29, 1.82) is 0 Å². The van der Waals surface area contributed by atoms with Crippen LogP contribution in [-0.4, -0.2) is 74.7 Å². The van der Waals surface area contributed by atoms with Gasteiger partial charge in [-0.3, -0.25) is 9.59 Å². The maximum atomic E-state index is 10.3. The van der Waals surface area contributed by atoms with Crippen molar-refractivity contribution in [2.24, 2.45) is 0 Å². The maximum absolute atomic E-state index is 10.3. The third kappa shape index (κ3) is 6.73. The van der Waals surface area contributed by atoms with E-state index in [1.807, 2.05) is 18.2 Å². The molecule has 0 radical (unpaired) electrons. The Kier molecular flexibility index (Phi) is 8.99. The Morgan fingerprint density at radius 2 is 1.72 bits per heavy atom. The molecule has 0 bridgehead atoms. The Balaban J connectivity index is 0.000000302. The van der Waals surface area contributed by atoms with E-state index in [4.69, 9.17) is 46.1 Å². The number of nitrogen functional groups attached to an aromatic ring is 2. The second kappa shape index (κ2) is 11.7. The summed E-state index contributed by atoms with van der Waals surface area (Å²) in [5.41, 5.74) is 11.4. The molecule has 194 valence electrons. The predicted molar refractivity (Wildman–Crippen MR) is 125 cm³/mol. The minimum Gasteiger partial charge on any atom is -0.493 e. The summed E-state index contributed by atoms with van der Waals surface area (Å²) in [6.07, 6.45) is 3.82. The van der Waals surface area contributed by atoms with Crippen LogP contribution in [0.3, 0.4) is 0 Å². The maximum Gasteiger partial charge on any atom is 0.336 e. The van der Waals surface area contributed by atoms with Crippen LogP contribution in [0.1, 0.15) is 29.5 Å². The van der Waals surface area contributed by atoms with Gasteiger partial charge in [0.15, 0.2) is 17.1 Å². The molecule has 3 rings (SSSR count). The van der Waals surface area contributed by atoms with Crippen LogP contribution in [0, 0.1) is 0 Å². The highest BCUT2D eigenvalue weighted by Gasteiger charge is 2.40. The highest BCUT2D eigenvalue weighted by Crippen LogP contribution is 2.44. The number of methoxy groups -OCH3 is 2. The lowest BCUT2D eigenvalue weighted by molar-refractivity contribution is -0.170. The van der Waals surface area contributed by atoms with Gasteiger partial charge in [0, 0.05) is 23.7 Å². The van der Waals surface area contributed by atoms with Crippen LogP contribution >= 0.6 is 0 Å². The van der Waals surface area contributed by atoms with E-state index >= 15 is 0 Å². The van der Waals surface area contributed by atoms with Gasteiger partial charge in [-0.25, -0.2) is 9.78 Å². The number of benzene rings is 1. The summed E-state index contributed by atoms with van der Waals surface area (Å²) in [4.78, 5) is 38.5. The summed E-state index contributed by atoms with van der Waals surface area (Å²) in [5, 5.41) is 33.8. The van der Waals surface area contributed by atoms with Crippen molar-refractivity contribution >= 4 is 35.8 Å². The van der Waals surface area contributed by atoms with Crippen LogP contribution in [0.2, 0.25) is 0 Å². The van der Waals surface area contributed by atoms with Gasteiger partial charge in [0.1, 0.15) is 12.4 Å². The molecule has 1 aromatic heterocycles. The molecule has 0 spiro atoms. The van der Waals surface area contributed by atoms with Crippen molar-refractivity contribution in [2.45, 2.75) is 24.9 Å². The van der Waals surface area contributed by atoms with E-state index in [1.54, 1.807) is 20.4 Å². The van der Waals surface area contributed by atoms with Crippen LogP contribution < -0.4 is 25.7 Å². The van der Waals surface area contributed by atoms with Crippen LogP contribution in [0.5, 0.6) is 17.2 Å². The molecule has 8 N–H and O–H groups in total. The van der Waals surface area contributed by atoms with Gasteiger partial charge in [-0.15, -0.1) is 0 Å². The molecule has 0 aliphatic carbocycles. The first-order valence-corrected chi connectivity index (χ1v) is 10.2. The highest BCUT2D eigenvalue weighted by atomic mass is 16.5. The molecule has 14 heteroatoms. The molecule has 0 saturated carbocycles. The van der Waals surface area contributed by atoms with E-state index in [0.29, 0.717) is 36.1 Å². The van der Waals surface area contributed by atoms with Crippen LogP contribution in [0.4, 0.5) is 11.8 Å². The number of fused-ring (bicyclic) bond motifs is 1. The Bertz CT molecular complexity index is 1170. The molecule has 0 atom stereocenters. The average molecular weight is 506 g/mol. The number of ether oxygens (including phenoxy) is 3. The monoisotopic (exact) mass is 506 g/mol. The number of carboxylic acid groups (broad SMARTS) is 3. The molecule has 2 aromatic rings. The van der Waals surface area contributed by atoms with Gasteiger partial charge in [0.25, 0.3) is 0 Å². The van der Waals surface area contributed by atoms with Gasteiger partial charge in [0.05, 0.1) is 27.1 Å². The van der Waals surface area contributed by atoms with Gasteiger partial charge in [-0.2, -0.15) is 4.98 Å². The van der Waals surface area contributed by atoms with Crippen LogP contribution in [-0.2, 0) is 20.8 Å². The molecule has 2 heterocycles. The molecule has 0 saturated heterocycles. The predicted octanol–water partition coefficient (Wildman–Crippen LogP) is 0.406. The van der Waals surface area contributed by atoms with Crippen LogP contribution in [0.15, 0.2) is 18.3 Å². The lowest BCUT2D eigenvalue weighted by Crippen LogP contribution is -2.42. The number of carbonyl (C=O) groups is 3. The Labute approximate surface area is 204 Å². The third-order valence-electron chi connectivity index (χ3n) is 4.94. The van der Waals surface area contributed by atoms with Crippen LogP contribution in [0.25, 0.3) is 6.08 Å². The normalized spacial score (nSPS) is 11.9. The fourth-order valence-corrected chi connectivity index (χ4v) is 3.29. The number of nitrogens with zero attached hydrogens (tertiary/aromatic N) is 2. The fourth-order valence-electron chi connectivity index (χ4n) is 3.29. The largest absolute Gasteiger partial charge is 0.493 e. The molecule has 14 nitrogen and oxygen atoms in total. The fraction of sp³-hybridized carbons (Fsp3) is 0.318. The Morgan fingerprint density at radius 1 is 1.08 bits per heavy atom. The molecular formula is C22H26N4O10. The van der Waals surface area contributed by atoms with Gasteiger partial charge in [-0.05, 0) is 17.7 Å². The zero-order valence-electron chi connectivity index (χ0n) is 19.4. The SMILES string of the molecule is COc1cc(Cc2cnc(N)nc2N)c2c(c1OC)OCC=C2.O=C(O)CC(O)(CC(=O)O)C(=O)O. The molecule has 1 aliphatic rings. The quantitative estimate of drug-likeness (QED) is 0.270. The number of aliphatic carboxylic acids is 3. The smallest absolute Gasteiger partial charge is 0.336 e. The first kappa shape index (κ1) is 27.7. The molecule has 0 fully saturated rings. The highest BCUT2D eigenvalue weighted by molar-refractivity contribution is 5.88. The number of rotatable bonds is 9. The van der Waals surface area contributed by atoms with E-state index in [2.05, 4.69) is 9.97 Å². The lowest BCUT2D eigenvalue weighted by Gasteiger charge is -2.21. The second-order valence-electron chi connectivity index (χ2n) is 7.52. The zero-order chi connectivity index (χ0) is 27.0. The third-order valence-corrected chi connectivity index (χ3v) is 4.94. The number of nitrogens with two attached hydrogens (primary N) is 2. The van der Waals surface area contributed by atoms with Crippen molar-refractivity contribution in [2.75, 3.05) is 32.3 Å². The molecule has 1 aromatic carbocycles. The standard InChI is InChI=1S/C16H18N4O3.C6H8O7/c1-21-12-7-9(6-10-8-19-16(18)20-15(10)17)11-4-3-5-23-13(11)14(12)22-2;7-3(8)1-6(13,5(11)12)2-4(9)10/h3-4,7-8H,5-6H2,1-2H3,(H4,17,18,19,20);13H,1-2H2,(H,7,8)(H,9,10)(H,11,12). The summed E-state index contributed by atoms with van der Waals surface area (Å²) in [6.45, 7) is 0.489. The van der Waals surface area contributed by atoms with Crippen molar-refractivity contribution in [1.82, 2.24) is 9.97 Å². The minimum atomic E-state index is -2.74. The van der Waals surface area contributed by atoms with Gasteiger partial charge in [-0.1, -0.05) is 6.08 Å². The minimum absolute atomic E-state index is 0.156. The number of hydrogen-bond acceptors (Lipinski definition) is 11. The summed E-state index contributed by atoms with van der Waals surface area (Å²) in [7, 11) is 3.18. The lowest BCUT2D eigenvalue weighted by atomic mass is 9.96. The van der Waals surface area contributed by atoms with Gasteiger partial charge in [0.2, 0.25) is 11.7 Å². The number of carboxylic acids is 3. The molecule has 1 aliphatic heterocycles. The van der Waals surface area contributed by atoms with Crippen molar-refractivity contribution in [3.8, 4) is 17.2 Å². The van der Waals surface area contributed by atoms with Gasteiger partial charge < -0.3 is 46.1 Å². The summed E-state index contributed by atoms with van der Waals surface area (Å²) >= 11 is 0. The Morgan fingerprint density at radius 3 is 2.22 bits per heavy atom. The average Bonchev–Trinajstić information content (AvgIpc) is 2.79. The van der Waals surface area contributed by atoms with Crippen molar-refractivity contribution < 1.29 is 49.0 Å². The topological polar surface area (TPSA) is 238 Å². The number of hydrogen-bond donors (Lipinski definition) is 6. The van der Waals surface area contributed by atoms with Crippen molar-refractivity contribution in [3.63, 3.8) is 0 Å². The van der Waals surface area contributed by atoms with E-state index in [1.165, 1.54) is 0 Å². The number of aromatic nitrogens is 2. The van der Waals surface area contributed by atoms with E-state index in [-0.39, 0.29) is 5.95 Å². The molecular weight excluding hydrogens is 480 g/mol. The Hall–Kier alpha value is -4.59. The molecule has 0 unspecified atom stereocenters. The summed E-state index contributed by atoms with van der Waals surface area (Å²) < 4.78 is 16.6. The summed E-state index contributed by atoms with van der Waals surface area (Å²) in [5.74, 6) is -2.65. The first-order chi connectivity index (χ1) is 16.9. The second-order valence-corrected chi connectivity index (χ2v) is 7.52. The van der Waals surface area contributed by atoms with E-state index in [0.717, 1.165) is 16.7 Å². The first-order valence-electron chi connectivity index (χ1n) is 10.2.